The average Bonchev–Trinajstić information content (AvgIpc) is 3.17. The monoisotopic (exact) mass is 390 g/mol. The molecular weight excluding hydrogens is 368 g/mol. The molecule has 8 nitrogen and oxygen atoms in total. The number of carbonyl (C=O) groups is 2. The van der Waals surface area contributed by atoms with E-state index in [9.17, 15) is 9.59 Å². The van der Waals surface area contributed by atoms with Crippen LogP contribution in [-0.4, -0.2) is 31.3 Å². The zero-order valence-corrected chi connectivity index (χ0v) is 16.0. The number of nitrogens with zero attached hydrogens (tertiary/aromatic N) is 4. The molecule has 0 radical (unpaired) electrons. The van der Waals surface area contributed by atoms with Crippen LogP contribution in [0.25, 0.3) is 0 Å². The van der Waals surface area contributed by atoms with Gasteiger partial charge in [-0.05, 0) is 54.7 Å². The number of fused-ring (bicyclic) bond motifs is 1. The van der Waals surface area contributed by atoms with Gasteiger partial charge in [0.05, 0.1) is 5.69 Å². The van der Waals surface area contributed by atoms with Crippen molar-refractivity contribution in [3.63, 3.8) is 0 Å². The van der Waals surface area contributed by atoms with Crippen LogP contribution in [0, 0.1) is 0 Å². The van der Waals surface area contributed by atoms with Gasteiger partial charge in [-0.25, -0.2) is 4.98 Å². The highest BCUT2D eigenvalue weighted by Gasteiger charge is 2.27. The van der Waals surface area contributed by atoms with Crippen molar-refractivity contribution >= 4 is 11.8 Å². The Bertz CT molecular complexity index is 921. The molecular formula is C21H22N6O2. The van der Waals surface area contributed by atoms with Gasteiger partial charge in [-0.1, -0.05) is 0 Å². The quantitative estimate of drug-likeness (QED) is 0.669. The van der Waals surface area contributed by atoms with Gasteiger partial charge < -0.3 is 15.2 Å². The lowest BCUT2D eigenvalue weighted by Crippen LogP contribution is -2.27. The Hall–Kier alpha value is -3.55. The summed E-state index contributed by atoms with van der Waals surface area (Å²) in [5, 5.41) is 5.78. The third-order valence-electron chi connectivity index (χ3n) is 4.94. The van der Waals surface area contributed by atoms with E-state index in [0.29, 0.717) is 31.2 Å². The lowest BCUT2D eigenvalue weighted by molar-refractivity contribution is 0.0935. The van der Waals surface area contributed by atoms with Crippen LogP contribution >= 0.6 is 0 Å². The van der Waals surface area contributed by atoms with Crippen LogP contribution in [0.4, 0.5) is 0 Å². The predicted octanol–water partition coefficient (Wildman–Crippen LogP) is 1.87. The summed E-state index contributed by atoms with van der Waals surface area (Å²) in [5.74, 6) is -0.249. The molecule has 148 valence electrons. The summed E-state index contributed by atoms with van der Waals surface area (Å²) >= 11 is 0. The third kappa shape index (κ3) is 4.31. The molecule has 29 heavy (non-hydrogen) atoms. The molecule has 2 amide bonds. The van der Waals surface area contributed by atoms with Gasteiger partial charge in [0.25, 0.3) is 11.8 Å². The highest BCUT2D eigenvalue weighted by atomic mass is 16.2. The number of pyridine rings is 2. The van der Waals surface area contributed by atoms with E-state index in [-0.39, 0.29) is 11.8 Å². The van der Waals surface area contributed by atoms with Gasteiger partial charge in [0.1, 0.15) is 5.69 Å². The Morgan fingerprint density at radius 1 is 0.862 bits per heavy atom. The lowest BCUT2D eigenvalue weighted by atomic mass is 10.1. The number of hydrogen-bond acceptors (Lipinski definition) is 5. The van der Waals surface area contributed by atoms with Crippen LogP contribution in [-0.2, 0) is 26.1 Å². The fourth-order valence-corrected chi connectivity index (χ4v) is 3.43. The van der Waals surface area contributed by atoms with Crippen LogP contribution < -0.4 is 10.6 Å². The van der Waals surface area contributed by atoms with E-state index in [1.54, 1.807) is 24.8 Å². The zero-order chi connectivity index (χ0) is 20.1. The summed E-state index contributed by atoms with van der Waals surface area (Å²) in [7, 11) is 0. The maximum absolute atomic E-state index is 12.8. The highest BCUT2D eigenvalue weighted by Crippen LogP contribution is 2.21. The molecule has 8 heteroatoms. The third-order valence-corrected chi connectivity index (χ3v) is 4.94. The van der Waals surface area contributed by atoms with Gasteiger partial charge >= 0.3 is 0 Å². The second-order valence-corrected chi connectivity index (χ2v) is 6.92. The van der Waals surface area contributed by atoms with Crippen molar-refractivity contribution < 1.29 is 9.59 Å². The summed E-state index contributed by atoms with van der Waals surface area (Å²) in [6.45, 7) is 1.46. The Labute approximate surface area is 168 Å². The lowest BCUT2D eigenvalue weighted by Gasteiger charge is -2.17. The Balaban J connectivity index is 1.50. The van der Waals surface area contributed by atoms with Gasteiger partial charge in [-0.15, -0.1) is 0 Å². The SMILES string of the molecule is O=C(NCc1ccncc1)c1nc(C(=O)NCc2ccncc2)n2c1CCCC2. The number of rotatable bonds is 6. The molecule has 0 fully saturated rings. The van der Waals surface area contributed by atoms with E-state index in [4.69, 9.17) is 0 Å². The average molecular weight is 390 g/mol. The molecule has 2 N–H and O–H groups in total. The number of carbonyl (C=O) groups excluding carboxylic acids is 2. The van der Waals surface area contributed by atoms with Gasteiger partial charge in [-0.2, -0.15) is 0 Å². The maximum Gasteiger partial charge on any atom is 0.287 e. The molecule has 3 aromatic rings. The molecule has 0 unspecified atom stereocenters. The normalized spacial score (nSPS) is 12.8. The summed E-state index contributed by atoms with van der Waals surface area (Å²) in [6.07, 6.45) is 9.42. The second kappa shape index (κ2) is 8.64. The predicted molar refractivity (Wildman–Crippen MR) is 106 cm³/mol. The molecule has 0 saturated carbocycles. The minimum absolute atomic E-state index is 0.263. The van der Waals surface area contributed by atoms with Crippen molar-refractivity contribution in [1.82, 2.24) is 30.2 Å². The van der Waals surface area contributed by atoms with Crippen molar-refractivity contribution in [2.75, 3.05) is 0 Å². The molecule has 4 rings (SSSR count). The first kappa shape index (κ1) is 18.8. The van der Waals surface area contributed by atoms with E-state index in [1.807, 2.05) is 28.8 Å². The molecule has 0 bridgehead atoms. The molecule has 0 atom stereocenters. The van der Waals surface area contributed by atoms with E-state index in [2.05, 4.69) is 25.6 Å². The first-order chi connectivity index (χ1) is 14.2. The van der Waals surface area contributed by atoms with Crippen LogP contribution in [0.1, 0.15) is 50.8 Å². The van der Waals surface area contributed by atoms with Crippen molar-refractivity contribution in [2.24, 2.45) is 0 Å². The fraction of sp³-hybridized carbons (Fsp3) is 0.286. The van der Waals surface area contributed by atoms with Crippen LogP contribution in [0.5, 0.6) is 0 Å². The molecule has 0 saturated heterocycles. The van der Waals surface area contributed by atoms with Gasteiger partial charge in [0, 0.05) is 44.4 Å². The van der Waals surface area contributed by atoms with E-state index in [0.717, 1.165) is 36.1 Å². The smallest absolute Gasteiger partial charge is 0.287 e. The molecule has 1 aliphatic rings. The number of imidazole rings is 1. The number of amides is 2. The van der Waals surface area contributed by atoms with Crippen molar-refractivity contribution in [3.8, 4) is 0 Å². The largest absolute Gasteiger partial charge is 0.347 e. The highest BCUT2D eigenvalue weighted by molar-refractivity contribution is 5.97. The number of nitrogens with one attached hydrogen (secondary N) is 2. The molecule has 0 aromatic carbocycles. The van der Waals surface area contributed by atoms with Crippen LogP contribution in [0.2, 0.25) is 0 Å². The summed E-state index contributed by atoms with van der Waals surface area (Å²) < 4.78 is 1.88. The number of aromatic nitrogens is 4. The van der Waals surface area contributed by atoms with Crippen molar-refractivity contribution in [3.05, 3.63) is 77.4 Å². The number of hydrogen-bond donors (Lipinski definition) is 2. The molecule has 0 aliphatic carbocycles. The minimum Gasteiger partial charge on any atom is -0.347 e. The van der Waals surface area contributed by atoms with Crippen molar-refractivity contribution in [2.45, 2.75) is 38.9 Å². The van der Waals surface area contributed by atoms with Crippen LogP contribution in [0.15, 0.2) is 49.1 Å². The van der Waals surface area contributed by atoms with E-state index >= 15 is 0 Å². The molecule has 1 aliphatic heterocycles. The second-order valence-electron chi connectivity index (χ2n) is 6.92. The van der Waals surface area contributed by atoms with Gasteiger partial charge in [0.2, 0.25) is 0 Å². The Morgan fingerprint density at radius 3 is 2.07 bits per heavy atom. The van der Waals surface area contributed by atoms with Crippen molar-refractivity contribution in [1.29, 1.82) is 0 Å². The first-order valence-corrected chi connectivity index (χ1v) is 9.66. The summed E-state index contributed by atoms with van der Waals surface area (Å²) in [4.78, 5) is 37.9. The first-order valence-electron chi connectivity index (χ1n) is 9.66. The summed E-state index contributed by atoms with van der Waals surface area (Å²) in [5.41, 5.74) is 3.08. The topological polar surface area (TPSA) is 102 Å². The van der Waals surface area contributed by atoms with Gasteiger partial charge in [-0.3, -0.25) is 19.6 Å². The van der Waals surface area contributed by atoms with E-state index < -0.39 is 0 Å². The Morgan fingerprint density at radius 2 is 1.45 bits per heavy atom. The minimum atomic E-state index is -0.279. The summed E-state index contributed by atoms with van der Waals surface area (Å²) in [6, 6.07) is 7.39. The molecule has 0 spiro atoms. The molecule has 3 aromatic heterocycles. The standard InChI is InChI=1S/C21H22N6O2/c28-20(24-13-15-4-8-22-9-5-15)18-17-3-1-2-12-27(17)19(26-18)21(29)25-14-16-6-10-23-11-7-16/h4-11H,1-3,12-14H2,(H,24,28)(H,25,29). The fourth-order valence-electron chi connectivity index (χ4n) is 3.43. The molecule has 4 heterocycles. The van der Waals surface area contributed by atoms with Crippen LogP contribution in [0.3, 0.4) is 0 Å². The Kier molecular flexibility index (Phi) is 5.60. The zero-order valence-electron chi connectivity index (χ0n) is 16.0. The maximum atomic E-state index is 12.8. The van der Waals surface area contributed by atoms with E-state index in [1.165, 1.54) is 0 Å². The van der Waals surface area contributed by atoms with Gasteiger partial charge in [0.15, 0.2) is 5.82 Å².